The van der Waals surface area contributed by atoms with Crippen LogP contribution in [-0.2, 0) is 6.42 Å². The van der Waals surface area contributed by atoms with Crippen molar-refractivity contribution in [1.29, 1.82) is 0 Å². The van der Waals surface area contributed by atoms with E-state index >= 15 is 0 Å². The molecule has 2 rings (SSSR count). The highest BCUT2D eigenvalue weighted by Gasteiger charge is 2.13. The molecule has 1 heterocycles. The van der Waals surface area contributed by atoms with Crippen molar-refractivity contribution in [3.8, 4) is 0 Å². The summed E-state index contributed by atoms with van der Waals surface area (Å²) < 4.78 is 1.08. The molecular formula is C12H17BrN2. The Morgan fingerprint density at radius 1 is 1.33 bits per heavy atom. The molecule has 0 aliphatic carbocycles. The van der Waals surface area contributed by atoms with Crippen LogP contribution in [0.5, 0.6) is 0 Å². The maximum absolute atomic E-state index is 5.81. The van der Waals surface area contributed by atoms with Crippen molar-refractivity contribution < 1.29 is 0 Å². The molecule has 1 aromatic carbocycles. The van der Waals surface area contributed by atoms with Crippen LogP contribution in [0, 0.1) is 0 Å². The third kappa shape index (κ3) is 3.21. The first-order valence-electron chi connectivity index (χ1n) is 5.52. The maximum Gasteiger partial charge on any atom is 0.0328 e. The summed E-state index contributed by atoms with van der Waals surface area (Å²) in [5.41, 5.74) is 7.98. The lowest BCUT2D eigenvalue weighted by molar-refractivity contribution is 0.399. The van der Waals surface area contributed by atoms with Crippen molar-refractivity contribution in [3.05, 3.63) is 28.2 Å². The lowest BCUT2D eigenvalue weighted by atomic mass is 9.98. The summed E-state index contributed by atoms with van der Waals surface area (Å²) in [7, 11) is 0. The first kappa shape index (κ1) is 11.0. The summed E-state index contributed by atoms with van der Waals surface area (Å²) in [4.78, 5) is 0. The fraction of sp³-hybridized carbons (Fsp3) is 0.500. The summed E-state index contributed by atoms with van der Waals surface area (Å²) in [6.07, 6.45) is 5.04. The van der Waals surface area contributed by atoms with Crippen LogP contribution in [0.2, 0.25) is 0 Å². The van der Waals surface area contributed by atoms with Crippen molar-refractivity contribution in [3.63, 3.8) is 0 Å². The van der Waals surface area contributed by atoms with Gasteiger partial charge < -0.3 is 11.1 Å². The van der Waals surface area contributed by atoms with Crippen LogP contribution in [0.15, 0.2) is 22.7 Å². The quantitative estimate of drug-likeness (QED) is 0.810. The van der Waals surface area contributed by atoms with E-state index in [1.54, 1.807) is 0 Å². The number of nitrogens with one attached hydrogen (secondary N) is 1. The topological polar surface area (TPSA) is 38.0 Å². The van der Waals surface area contributed by atoms with Gasteiger partial charge in [0.25, 0.3) is 0 Å². The predicted octanol–water partition coefficient (Wildman–Crippen LogP) is 2.72. The molecule has 82 valence electrons. The lowest BCUT2D eigenvalue weighted by Crippen LogP contribution is -2.35. The molecule has 0 saturated carbocycles. The Balaban J connectivity index is 2.02. The van der Waals surface area contributed by atoms with Gasteiger partial charge in [0.15, 0.2) is 0 Å². The molecule has 3 N–H and O–H groups in total. The molecular weight excluding hydrogens is 252 g/mol. The largest absolute Gasteiger partial charge is 0.399 e. The minimum atomic E-state index is 0.632. The molecule has 3 heteroatoms. The Morgan fingerprint density at radius 2 is 2.20 bits per heavy atom. The Labute approximate surface area is 99.4 Å². The number of nitrogen functional groups attached to an aromatic ring is 1. The van der Waals surface area contributed by atoms with Gasteiger partial charge in [0.05, 0.1) is 0 Å². The molecule has 0 spiro atoms. The van der Waals surface area contributed by atoms with Crippen LogP contribution in [0.25, 0.3) is 0 Å². The lowest BCUT2D eigenvalue weighted by Gasteiger charge is -2.23. The Bertz CT molecular complexity index is 312. The van der Waals surface area contributed by atoms with Crippen molar-refractivity contribution in [2.75, 3.05) is 12.3 Å². The zero-order valence-corrected chi connectivity index (χ0v) is 10.4. The number of piperidine rings is 1. The van der Waals surface area contributed by atoms with E-state index in [4.69, 9.17) is 5.73 Å². The van der Waals surface area contributed by atoms with Crippen LogP contribution in [0.3, 0.4) is 0 Å². The predicted molar refractivity (Wildman–Crippen MR) is 67.9 cm³/mol. The number of hydrogen-bond donors (Lipinski definition) is 2. The van der Waals surface area contributed by atoms with Gasteiger partial charge in [0.2, 0.25) is 0 Å². The van der Waals surface area contributed by atoms with Gasteiger partial charge in [-0.15, -0.1) is 0 Å². The summed E-state index contributed by atoms with van der Waals surface area (Å²) in [6.45, 7) is 1.16. The second-order valence-electron chi connectivity index (χ2n) is 4.24. The van der Waals surface area contributed by atoms with Gasteiger partial charge in [-0.2, -0.15) is 0 Å². The molecule has 1 atom stereocenters. The van der Waals surface area contributed by atoms with E-state index < -0.39 is 0 Å². The van der Waals surface area contributed by atoms with Gasteiger partial charge in [-0.3, -0.25) is 0 Å². The molecule has 0 bridgehead atoms. The first-order chi connectivity index (χ1) is 7.24. The van der Waals surface area contributed by atoms with E-state index in [2.05, 4.69) is 33.4 Å². The van der Waals surface area contributed by atoms with Crippen LogP contribution in [0.1, 0.15) is 24.8 Å². The normalized spacial score (nSPS) is 21.5. The van der Waals surface area contributed by atoms with Gasteiger partial charge in [0.1, 0.15) is 0 Å². The van der Waals surface area contributed by atoms with E-state index in [1.807, 2.05) is 6.07 Å². The van der Waals surface area contributed by atoms with Gasteiger partial charge in [-0.25, -0.2) is 0 Å². The first-order valence-corrected chi connectivity index (χ1v) is 6.31. The molecule has 1 fully saturated rings. The molecule has 1 unspecified atom stereocenters. The third-order valence-corrected chi connectivity index (χ3v) is 3.33. The summed E-state index contributed by atoms with van der Waals surface area (Å²) in [6, 6.07) is 6.80. The maximum atomic E-state index is 5.81. The van der Waals surface area contributed by atoms with E-state index in [9.17, 15) is 0 Å². The number of nitrogens with two attached hydrogens (primary N) is 1. The Hall–Kier alpha value is -0.540. The van der Waals surface area contributed by atoms with E-state index in [1.165, 1.54) is 24.8 Å². The van der Waals surface area contributed by atoms with Crippen LogP contribution in [-0.4, -0.2) is 12.6 Å². The van der Waals surface area contributed by atoms with Gasteiger partial charge in [0, 0.05) is 16.2 Å². The zero-order chi connectivity index (χ0) is 10.7. The van der Waals surface area contributed by atoms with E-state index in [-0.39, 0.29) is 0 Å². The van der Waals surface area contributed by atoms with Crippen molar-refractivity contribution in [1.82, 2.24) is 5.32 Å². The molecule has 1 aliphatic rings. The summed E-state index contributed by atoms with van der Waals surface area (Å²) >= 11 is 3.48. The standard InChI is InChI=1S/C12H17BrN2/c13-10-5-9(6-11(14)8-10)7-12-3-1-2-4-15-12/h5-6,8,12,15H,1-4,7,14H2. The SMILES string of the molecule is Nc1cc(Br)cc(CC2CCCCN2)c1. The number of anilines is 1. The average Bonchev–Trinajstić information content (AvgIpc) is 2.17. The van der Waals surface area contributed by atoms with Crippen molar-refractivity contribution >= 4 is 21.6 Å². The van der Waals surface area contributed by atoms with E-state index in [0.29, 0.717) is 6.04 Å². The third-order valence-electron chi connectivity index (χ3n) is 2.87. The summed E-state index contributed by atoms with van der Waals surface area (Å²) in [5.74, 6) is 0. The fourth-order valence-electron chi connectivity index (χ4n) is 2.18. The number of halogens is 1. The van der Waals surface area contributed by atoms with Gasteiger partial charge in [-0.05, 0) is 49.6 Å². The minimum absolute atomic E-state index is 0.632. The van der Waals surface area contributed by atoms with Gasteiger partial charge in [-0.1, -0.05) is 22.4 Å². The smallest absolute Gasteiger partial charge is 0.0328 e. The molecule has 0 aromatic heterocycles. The second kappa shape index (κ2) is 4.99. The molecule has 0 radical (unpaired) electrons. The Morgan fingerprint density at radius 3 is 2.87 bits per heavy atom. The number of hydrogen-bond acceptors (Lipinski definition) is 2. The fourth-order valence-corrected chi connectivity index (χ4v) is 2.73. The number of rotatable bonds is 2. The van der Waals surface area contributed by atoms with Crippen LogP contribution in [0.4, 0.5) is 5.69 Å². The number of benzene rings is 1. The molecule has 1 aliphatic heterocycles. The second-order valence-corrected chi connectivity index (χ2v) is 5.16. The molecule has 2 nitrogen and oxygen atoms in total. The highest BCUT2D eigenvalue weighted by molar-refractivity contribution is 9.10. The van der Waals surface area contributed by atoms with Crippen LogP contribution >= 0.6 is 15.9 Å². The van der Waals surface area contributed by atoms with E-state index in [0.717, 1.165) is 23.1 Å². The average molecular weight is 269 g/mol. The highest BCUT2D eigenvalue weighted by atomic mass is 79.9. The monoisotopic (exact) mass is 268 g/mol. The van der Waals surface area contributed by atoms with Gasteiger partial charge >= 0.3 is 0 Å². The van der Waals surface area contributed by atoms with Crippen molar-refractivity contribution in [2.45, 2.75) is 31.7 Å². The van der Waals surface area contributed by atoms with Crippen LogP contribution < -0.4 is 11.1 Å². The Kier molecular flexibility index (Phi) is 3.65. The molecule has 15 heavy (non-hydrogen) atoms. The van der Waals surface area contributed by atoms with Crippen molar-refractivity contribution in [2.24, 2.45) is 0 Å². The molecule has 0 amide bonds. The zero-order valence-electron chi connectivity index (χ0n) is 8.80. The molecule has 1 saturated heterocycles. The summed E-state index contributed by atoms with van der Waals surface area (Å²) in [5, 5.41) is 3.55. The highest BCUT2D eigenvalue weighted by Crippen LogP contribution is 2.20. The molecule has 1 aromatic rings. The minimum Gasteiger partial charge on any atom is -0.399 e.